The lowest BCUT2D eigenvalue weighted by molar-refractivity contribution is -0.132. The Morgan fingerprint density at radius 2 is 2.17 bits per heavy atom. The van der Waals surface area contributed by atoms with Gasteiger partial charge in [-0.3, -0.25) is 0 Å². The number of cyclic esters (lactones) is 1. The Bertz CT molecular complexity index is 246. The fraction of sp³-hybridized carbons (Fsp3) is 0.444. The van der Waals surface area contributed by atoms with Crippen LogP contribution < -0.4 is 5.32 Å². The van der Waals surface area contributed by atoms with Crippen molar-refractivity contribution in [3.63, 3.8) is 0 Å². The van der Waals surface area contributed by atoms with Crippen molar-refractivity contribution in [3.05, 3.63) is 24.1 Å². The molecule has 0 spiro atoms. The Balaban J connectivity index is 2.58. The molecule has 1 heterocycles. The maximum atomic E-state index is 10.9. The smallest absolute Gasteiger partial charge is 0.344 e. The summed E-state index contributed by atoms with van der Waals surface area (Å²) in [5.41, 5.74) is 0.536. The van der Waals surface area contributed by atoms with Crippen LogP contribution in [-0.2, 0) is 9.53 Å². The molecule has 0 aromatic heterocycles. The van der Waals surface area contributed by atoms with Gasteiger partial charge in [0.2, 0.25) is 0 Å². The lowest BCUT2D eigenvalue weighted by atomic mass is 10.1. The van der Waals surface area contributed by atoms with Crippen molar-refractivity contribution >= 4 is 5.97 Å². The lowest BCUT2D eigenvalue weighted by Crippen LogP contribution is -2.31. The maximum Gasteiger partial charge on any atom is 0.344 e. The molecule has 1 rings (SSSR count). The number of carbonyl (C=O) groups is 1. The SMILES string of the molecule is CC(C)(C)NC=C1C=COC1=O. The van der Waals surface area contributed by atoms with E-state index in [1.807, 2.05) is 20.8 Å². The summed E-state index contributed by atoms with van der Waals surface area (Å²) in [6.45, 7) is 6.07. The van der Waals surface area contributed by atoms with Crippen LogP contribution in [0.5, 0.6) is 0 Å². The fourth-order valence-corrected chi connectivity index (χ4v) is 0.707. The summed E-state index contributed by atoms with van der Waals surface area (Å²) in [6.07, 6.45) is 4.70. The summed E-state index contributed by atoms with van der Waals surface area (Å²) in [4.78, 5) is 10.9. The second-order valence-corrected chi connectivity index (χ2v) is 3.70. The minimum absolute atomic E-state index is 0.0241. The Labute approximate surface area is 72.1 Å². The highest BCUT2D eigenvalue weighted by atomic mass is 16.5. The van der Waals surface area contributed by atoms with Gasteiger partial charge in [-0.05, 0) is 26.8 Å². The first-order valence-corrected chi connectivity index (χ1v) is 3.84. The summed E-state index contributed by atoms with van der Waals surface area (Å²) < 4.78 is 4.60. The molecular formula is C9H13NO2. The van der Waals surface area contributed by atoms with Gasteiger partial charge in [-0.1, -0.05) is 0 Å². The number of hydrogen-bond donors (Lipinski definition) is 1. The number of nitrogens with one attached hydrogen (secondary N) is 1. The minimum Gasteiger partial charge on any atom is -0.431 e. The molecule has 1 aliphatic rings. The van der Waals surface area contributed by atoms with Gasteiger partial charge in [-0.2, -0.15) is 0 Å². The van der Waals surface area contributed by atoms with E-state index in [-0.39, 0.29) is 11.5 Å². The van der Waals surface area contributed by atoms with Crippen LogP contribution in [0, 0.1) is 0 Å². The summed E-state index contributed by atoms with van der Waals surface area (Å²) in [5, 5.41) is 3.08. The Kier molecular flexibility index (Phi) is 2.22. The third-order valence-electron chi connectivity index (χ3n) is 1.32. The van der Waals surface area contributed by atoms with Crippen molar-refractivity contribution in [2.75, 3.05) is 0 Å². The highest BCUT2D eigenvalue weighted by Crippen LogP contribution is 2.09. The summed E-state index contributed by atoms with van der Waals surface area (Å²) in [7, 11) is 0. The molecule has 3 nitrogen and oxygen atoms in total. The molecule has 0 aromatic rings. The predicted molar refractivity (Wildman–Crippen MR) is 46.2 cm³/mol. The van der Waals surface area contributed by atoms with Crippen LogP contribution >= 0.6 is 0 Å². The zero-order valence-corrected chi connectivity index (χ0v) is 7.55. The van der Waals surface area contributed by atoms with E-state index in [1.54, 1.807) is 12.3 Å². The first kappa shape index (κ1) is 8.84. The van der Waals surface area contributed by atoms with Crippen molar-refractivity contribution in [3.8, 4) is 0 Å². The van der Waals surface area contributed by atoms with Crippen LogP contribution in [0.2, 0.25) is 0 Å². The van der Waals surface area contributed by atoms with Gasteiger partial charge >= 0.3 is 5.97 Å². The number of hydrogen-bond acceptors (Lipinski definition) is 3. The zero-order valence-electron chi connectivity index (χ0n) is 7.55. The second kappa shape index (κ2) is 3.01. The molecule has 0 aromatic carbocycles. The topological polar surface area (TPSA) is 38.3 Å². The average molecular weight is 167 g/mol. The predicted octanol–water partition coefficient (Wildman–Crippen LogP) is 1.33. The lowest BCUT2D eigenvalue weighted by Gasteiger charge is -2.18. The molecule has 3 heteroatoms. The number of rotatable bonds is 1. The van der Waals surface area contributed by atoms with E-state index >= 15 is 0 Å². The van der Waals surface area contributed by atoms with Crippen LogP contribution in [0.25, 0.3) is 0 Å². The standard InChI is InChI=1S/C9H13NO2/c1-9(2,3)10-6-7-4-5-12-8(7)11/h4-6,10H,1-3H3. The molecule has 12 heavy (non-hydrogen) atoms. The first-order valence-electron chi connectivity index (χ1n) is 3.84. The second-order valence-electron chi connectivity index (χ2n) is 3.70. The van der Waals surface area contributed by atoms with Gasteiger partial charge < -0.3 is 10.1 Å². The van der Waals surface area contributed by atoms with Gasteiger partial charge in [-0.25, -0.2) is 4.79 Å². The van der Waals surface area contributed by atoms with Gasteiger partial charge in [0.25, 0.3) is 0 Å². The van der Waals surface area contributed by atoms with Crippen molar-refractivity contribution in [2.24, 2.45) is 0 Å². The minimum atomic E-state index is -0.299. The Hall–Kier alpha value is -1.25. The molecule has 1 aliphatic heterocycles. The molecule has 0 fully saturated rings. The largest absolute Gasteiger partial charge is 0.431 e. The van der Waals surface area contributed by atoms with E-state index in [2.05, 4.69) is 10.1 Å². The zero-order chi connectivity index (χ0) is 9.19. The van der Waals surface area contributed by atoms with Crippen molar-refractivity contribution in [1.29, 1.82) is 0 Å². The van der Waals surface area contributed by atoms with E-state index in [0.29, 0.717) is 5.57 Å². The highest BCUT2D eigenvalue weighted by Gasteiger charge is 2.14. The first-order chi connectivity index (χ1) is 5.49. The molecule has 0 bridgehead atoms. The van der Waals surface area contributed by atoms with Crippen molar-refractivity contribution in [2.45, 2.75) is 26.3 Å². The Morgan fingerprint density at radius 3 is 2.58 bits per heavy atom. The Morgan fingerprint density at radius 1 is 1.50 bits per heavy atom. The van der Waals surface area contributed by atoms with E-state index < -0.39 is 0 Å². The molecule has 66 valence electrons. The normalized spacial score (nSPS) is 19.9. The highest BCUT2D eigenvalue weighted by molar-refractivity contribution is 5.93. The van der Waals surface area contributed by atoms with Crippen LogP contribution in [0.4, 0.5) is 0 Å². The molecule has 0 amide bonds. The molecule has 1 N–H and O–H groups in total. The van der Waals surface area contributed by atoms with Gasteiger partial charge in [0.15, 0.2) is 0 Å². The fourth-order valence-electron chi connectivity index (χ4n) is 0.707. The van der Waals surface area contributed by atoms with E-state index in [1.165, 1.54) is 6.26 Å². The number of carbonyl (C=O) groups excluding carboxylic acids is 1. The van der Waals surface area contributed by atoms with Crippen LogP contribution in [0.1, 0.15) is 20.8 Å². The molecule has 0 radical (unpaired) electrons. The molecule has 0 unspecified atom stereocenters. The van der Waals surface area contributed by atoms with E-state index in [9.17, 15) is 4.79 Å². The van der Waals surface area contributed by atoms with Crippen molar-refractivity contribution < 1.29 is 9.53 Å². The van der Waals surface area contributed by atoms with Gasteiger partial charge in [0, 0.05) is 11.7 Å². The number of ether oxygens (including phenoxy) is 1. The van der Waals surface area contributed by atoms with Gasteiger partial charge in [0.05, 0.1) is 11.8 Å². The molecular weight excluding hydrogens is 154 g/mol. The van der Waals surface area contributed by atoms with Crippen LogP contribution in [-0.4, -0.2) is 11.5 Å². The maximum absolute atomic E-state index is 10.9. The van der Waals surface area contributed by atoms with Gasteiger partial charge in [-0.15, -0.1) is 0 Å². The van der Waals surface area contributed by atoms with Gasteiger partial charge in [0.1, 0.15) is 0 Å². The molecule has 0 saturated heterocycles. The van der Waals surface area contributed by atoms with Crippen LogP contribution in [0.15, 0.2) is 24.1 Å². The molecule has 0 saturated carbocycles. The quantitative estimate of drug-likeness (QED) is 0.473. The van der Waals surface area contributed by atoms with E-state index in [4.69, 9.17) is 0 Å². The summed E-state index contributed by atoms with van der Waals surface area (Å²) >= 11 is 0. The third kappa shape index (κ3) is 2.42. The summed E-state index contributed by atoms with van der Waals surface area (Å²) in [5.74, 6) is -0.299. The summed E-state index contributed by atoms with van der Waals surface area (Å²) in [6, 6.07) is 0. The molecule has 0 aliphatic carbocycles. The van der Waals surface area contributed by atoms with Crippen LogP contribution in [0.3, 0.4) is 0 Å². The molecule has 0 atom stereocenters. The third-order valence-corrected chi connectivity index (χ3v) is 1.32. The van der Waals surface area contributed by atoms with E-state index in [0.717, 1.165) is 0 Å². The average Bonchev–Trinajstić information content (AvgIpc) is 2.29. The monoisotopic (exact) mass is 167 g/mol. The van der Waals surface area contributed by atoms with Crippen molar-refractivity contribution in [1.82, 2.24) is 5.32 Å². The number of esters is 1.